The fraction of sp³-hybridized carbons (Fsp3) is 0.235. The quantitative estimate of drug-likeness (QED) is 0.655. The standard InChI is InChI=1S/C17H18N2O4/c1-3-23-16-7-5-4-6-14(16)11-18-17(20)13-9-8-12(2)15(10-13)19(21)22/h4-10H,3,11H2,1-2H3,(H,18,20). The zero-order valence-electron chi connectivity index (χ0n) is 13.0. The van der Waals surface area contributed by atoms with Gasteiger partial charge in [0.25, 0.3) is 11.6 Å². The minimum atomic E-state index is -0.490. The highest BCUT2D eigenvalue weighted by atomic mass is 16.6. The number of carbonyl (C=O) groups excluding carboxylic acids is 1. The highest BCUT2D eigenvalue weighted by Gasteiger charge is 2.15. The molecule has 6 heteroatoms. The molecule has 0 fully saturated rings. The Hall–Kier alpha value is -2.89. The van der Waals surface area contributed by atoms with Crippen molar-refractivity contribution in [3.63, 3.8) is 0 Å². The number of hydrogen-bond acceptors (Lipinski definition) is 4. The van der Waals surface area contributed by atoms with Crippen LogP contribution in [-0.2, 0) is 6.54 Å². The largest absolute Gasteiger partial charge is 0.494 e. The molecule has 0 heterocycles. The van der Waals surface area contributed by atoms with Crippen molar-refractivity contribution in [1.82, 2.24) is 5.32 Å². The number of carbonyl (C=O) groups is 1. The summed E-state index contributed by atoms with van der Waals surface area (Å²) in [6.45, 7) is 4.35. The zero-order valence-corrected chi connectivity index (χ0v) is 13.0. The third kappa shape index (κ3) is 4.06. The maximum Gasteiger partial charge on any atom is 0.273 e. The number of nitrogens with one attached hydrogen (secondary N) is 1. The van der Waals surface area contributed by atoms with E-state index in [1.807, 2.05) is 31.2 Å². The summed E-state index contributed by atoms with van der Waals surface area (Å²) < 4.78 is 5.50. The number of rotatable bonds is 6. The molecule has 1 N–H and O–H groups in total. The van der Waals surface area contributed by atoms with Crippen LogP contribution in [0, 0.1) is 17.0 Å². The number of nitrogens with zero attached hydrogens (tertiary/aromatic N) is 1. The third-order valence-corrected chi connectivity index (χ3v) is 3.38. The van der Waals surface area contributed by atoms with Gasteiger partial charge in [0, 0.05) is 29.3 Å². The van der Waals surface area contributed by atoms with Gasteiger partial charge in [0.05, 0.1) is 11.5 Å². The van der Waals surface area contributed by atoms with Crippen LogP contribution < -0.4 is 10.1 Å². The highest BCUT2D eigenvalue weighted by Crippen LogP contribution is 2.20. The predicted molar refractivity (Wildman–Crippen MR) is 86.6 cm³/mol. The number of ether oxygens (including phenoxy) is 1. The number of hydrogen-bond donors (Lipinski definition) is 1. The molecule has 0 aromatic heterocycles. The second-order valence-corrected chi connectivity index (χ2v) is 4.98. The molecule has 6 nitrogen and oxygen atoms in total. The second kappa shape index (κ2) is 7.40. The Labute approximate surface area is 134 Å². The number of para-hydroxylation sites is 1. The van der Waals surface area contributed by atoms with Gasteiger partial charge >= 0.3 is 0 Å². The van der Waals surface area contributed by atoms with E-state index in [4.69, 9.17) is 4.74 Å². The van der Waals surface area contributed by atoms with Gasteiger partial charge in [-0.1, -0.05) is 24.3 Å². The molecule has 0 radical (unpaired) electrons. The summed E-state index contributed by atoms with van der Waals surface area (Å²) in [6, 6.07) is 11.9. The van der Waals surface area contributed by atoms with Crippen molar-refractivity contribution in [3.05, 3.63) is 69.3 Å². The molecule has 0 bridgehead atoms. The molecule has 2 rings (SSSR count). The Kier molecular flexibility index (Phi) is 5.30. The predicted octanol–water partition coefficient (Wildman–Crippen LogP) is 3.23. The van der Waals surface area contributed by atoms with Gasteiger partial charge in [-0.2, -0.15) is 0 Å². The number of aryl methyl sites for hydroxylation is 1. The Morgan fingerprint density at radius 1 is 1.26 bits per heavy atom. The SMILES string of the molecule is CCOc1ccccc1CNC(=O)c1ccc(C)c([N+](=O)[O-])c1. The molecule has 0 aliphatic carbocycles. The fourth-order valence-corrected chi connectivity index (χ4v) is 2.17. The first kappa shape index (κ1) is 16.5. The van der Waals surface area contributed by atoms with Crippen LogP contribution in [-0.4, -0.2) is 17.4 Å². The molecule has 2 aromatic rings. The lowest BCUT2D eigenvalue weighted by atomic mass is 10.1. The fourth-order valence-electron chi connectivity index (χ4n) is 2.17. The van der Waals surface area contributed by atoms with Gasteiger partial charge in [0.15, 0.2) is 0 Å². The molecule has 0 aliphatic heterocycles. The molecular formula is C17H18N2O4. The Morgan fingerprint density at radius 2 is 2.00 bits per heavy atom. The van der Waals surface area contributed by atoms with Crippen molar-refractivity contribution in [2.75, 3.05) is 6.61 Å². The van der Waals surface area contributed by atoms with Gasteiger partial charge in [-0.15, -0.1) is 0 Å². The van der Waals surface area contributed by atoms with E-state index in [2.05, 4.69) is 5.32 Å². The molecule has 120 valence electrons. The molecule has 0 atom stereocenters. The summed E-state index contributed by atoms with van der Waals surface area (Å²) in [4.78, 5) is 22.7. The highest BCUT2D eigenvalue weighted by molar-refractivity contribution is 5.95. The van der Waals surface area contributed by atoms with E-state index in [1.54, 1.807) is 19.1 Å². The van der Waals surface area contributed by atoms with Crippen LogP contribution in [0.3, 0.4) is 0 Å². The van der Waals surface area contributed by atoms with Crippen LogP contribution in [0.1, 0.15) is 28.4 Å². The smallest absolute Gasteiger partial charge is 0.273 e. The summed E-state index contributed by atoms with van der Waals surface area (Å²) in [5.74, 6) is 0.351. The third-order valence-electron chi connectivity index (χ3n) is 3.38. The molecule has 1 amide bonds. The van der Waals surface area contributed by atoms with E-state index in [0.29, 0.717) is 17.9 Å². The summed E-state index contributed by atoms with van der Waals surface area (Å²) in [5, 5.41) is 13.7. The van der Waals surface area contributed by atoms with Gasteiger partial charge < -0.3 is 10.1 Å². The molecular weight excluding hydrogens is 296 g/mol. The molecule has 0 saturated carbocycles. The minimum absolute atomic E-state index is 0.0626. The van der Waals surface area contributed by atoms with E-state index in [-0.39, 0.29) is 23.7 Å². The molecule has 0 spiro atoms. The topological polar surface area (TPSA) is 81.5 Å². The zero-order chi connectivity index (χ0) is 16.8. The maximum absolute atomic E-state index is 12.2. The Morgan fingerprint density at radius 3 is 2.70 bits per heavy atom. The number of benzene rings is 2. The summed E-state index contributed by atoms with van der Waals surface area (Å²) in [5.41, 5.74) is 1.57. The van der Waals surface area contributed by atoms with Crippen LogP contribution in [0.15, 0.2) is 42.5 Å². The van der Waals surface area contributed by atoms with Crippen molar-refractivity contribution in [3.8, 4) is 5.75 Å². The van der Waals surface area contributed by atoms with E-state index in [1.165, 1.54) is 6.07 Å². The molecule has 0 saturated heterocycles. The molecule has 23 heavy (non-hydrogen) atoms. The van der Waals surface area contributed by atoms with Crippen LogP contribution in [0.5, 0.6) is 5.75 Å². The van der Waals surface area contributed by atoms with E-state index < -0.39 is 4.92 Å². The van der Waals surface area contributed by atoms with Crippen molar-refractivity contribution in [1.29, 1.82) is 0 Å². The Bertz CT molecular complexity index is 728. The van der Waals surface area contributed by atoms with Crippen molar-refractivity contribution in [2.24, 2.45) is 0 Å². The van der Waals surface area contributed by atoms with Crippen molar-refractivity contribution < 1.29 is 14.5 Å². The second-order valence-electron chi connectivity index (χ2n) is 4.98. The van der Waals surface area contributed by atoms with Crippen LogP contribution in [0.2, 0.25) is 0 Å². The van der Waals surface area contributed by atoms with Gasteiger partial charge in [0.1, 0.15) is 5.75 Å². The van der Waals surface area contributed by atoms with Gasteiger partial charge in [-0.25, -0.2) is 0 Å². The minimum Gasteiger partial charge on any atom is -0.494 e. The Balaban J connectivity index is 2.11. The summed E-state index contributed by atoms with van der Waals surface area (Å²) in [7, 11) is 0. The van der Waals surface area contributed by atoms with Crippen molar-refractivity contribution >= 4 is 11.6 Å². The van der Waals surface area contributed by atoms with Gasteiger partial charge in [-0.3, -0.25) is 14.9 Å². The number of amides is 1. The average molecular weight is 314 g/mol. The first-order valence-corrected chi connectivity index (χ1v) is 7.27. The summed E-state index contributed by atoms with van der Waals surface area (Å²) in [6.07, 6.45) is 0. The first-order valence-electron chi connectivity index (χ1n) is 7.27. The summed E-state index contributed by atoms with van der Waals surface area (Å²) >= 11 is 0. The lowest BCUT2D eigenvalue weighted by molar-refractivity contribution is -0.385. The van der Waals surface area contributed by atoms with E-state index in [0.717, 1.165) is 5.56 Å². The van der Waals surface area contributed by atoms with Crippen LogP contribution >= 0.6 is 0 Å². The molecule has 0 aliphatic rings. The average Bonchev–Trinajstić information content (AvgIpc) is 2.54. The van der Waals surface area contributed by atoms with Gasteiger partial charge in [0.2, 0.25) is 0 Å². The van der Waals surface area contributed by atoms with E-state index in [9.17, 15) is 14.9 Å². The first-order chi connectivity index (χ1) is 11.0. The monoisotopic (exact) mass is 314 g/mol. The normalized spacial score (nSPS) is 10.2. The lowest BCUT2D eigenvalue weighted by Crippen LogP contribution is -2.23. The number of nitro groups is 1. The molecule has 0 unspecified atom stereocenters. The van der Waals surface area contributed by atoms with E-state index >= 15 is 0 Å². The van der Waals surface area contributed by atoms with Gasteiger partial charge in [-0.05, 0) is 26.0 Å². The van der Waals surface area contributed by atoms with Crippen LogP contribution in [0.4, 0.5) is 5.69 Å². The maximum atomic E-state index is 12.2. The molecule has 2 aromatic carbocycles. The number of nitro benzene ring substituents is 1. The van der Waals surface area contributed by atoms with Crippen LogP contribution in [0.25, 0.3) is 0 Å². The lowest BCUT2D eigenvalue weighted by Gasteiger charge is -2.11. The van der Waals surface area contributed by atoms with Crippen molar-refractivity contribution in [2.45, 2.75) is 20.4 Å².